The van der Waals surface area contributed by atoms with Crippen LogP contribution in [-0.4, -0.2) is 91.7 Å². The van der Waals surface area contributed by atoms with Crippen LogP contribution in [0.25, 0.3) is 0 Å². The number of alkyl carbamates (subject to hydrolysis) is 1. The highest BCUT2D eigenvalue weighted by molar-refractivity contribution is 7.91. The number of allylic oxidation sites excluding steroid dienone is 1. The van der Waals surface area contributed by atoms with Crippen molar-refractivity contribution in [3.8, 4) is 5.75 Å². The smallest absolute Gasteiger partial charge is 0.408 e. The minimum Gasteiger partial charge on any atom is -0.497 e. The Morgan fingerprint density at radius 1 is 0.940 bits per heavy atom. The topological polar surface area (TPSA) is 189 Å². The quantitative estimate of drug-likeness (QED) is 0.293. The molecule has 272 valence electrons. The van der Waals surface area contributed by atoms with E-state index in [4.69, 9.17) is 9.47 Å². The standard InChI is InChI=1S/C35H47N5O9S/c1-48-25-15-13-22(14-16-25)30(41)36-24-19-29-31(42)38-35(33(44)39-50(46,47)27-17-18-27)20-23(35)9-5-3-2-4-6-12-28(32(43)40(29)21-24)37-34(45)49-26-10-7-8-11-26/h5,9,13-16,23-24,26-29H,2-4,6-8,10-12,17-21H2,1H3,(H,36,41)(H,37,45)(H,38,42)(H,39,44)/b9-5-/t23-,24-,28+,29+,35-/m1/s1. The molecule has 6 rings (SSSR count). The third kappa shape index (κ3) is 8.24. The van der Waals surface area contributed by atoms with Gasteiger partial charge in [0, 0.05) is 24.1 Å². The van der Waals surface area contributed by atoms with Crippen LogP contribution in [0.15, 0.2) is 36.4 Å². The minimum absolute atomic E-state index is 0.0206. The number of carbonyl (C=O) groups is 5. The molecule has 2 aliphatic heterocycles. The first-order valence-electron chi connectivity index (χ1n) is 17.8. The molecule has 15 heteroatoms. The van der Waals surface area contributed by atoms with E-state index in [0.717, 1.165) is 38.5 Å². The summed E-state index contributed by atoms with van der Waals surface area (Å²) in [5.74, 6) is -2.19. The predicted molar refractivity (Wildman–Crippen MR) is 181 cm³/mol. The normalized spacial score (nSPS) is 29.7. The van der Waals surface area contributed by atoms with Crippen molar-refractivity contribution in [3.63, 3.8) is 0 Å². The summed E-state index contributed by atoms with van der Waals surface area (Å²) < 4.78 is 38.5. The summed E-state index contributed by atoms with van der Waals surface area (Å²) in [4.78, 5) is 69.6. The van der Waals surface area contributed by atoms with E-state index < -0.39 is 74.6 Å². The number of fused-ring (bicyclic) bond motifs is 2. The van der Waals surface area contributed by atoms with E-state index in [1.165, 1.54) is 12.0 Å². The molecule has 4 fully saturated rings. The van der Waals surface area contributed by atoms with Crippen molar-refractivity contribution in [1.29, 1.82) is 0 Å². The van der Waals surface area contributed by atoms with Crippen molar-refractivity contribution < 1.29 is 41.9 Å². The average molecular weight is 714 g/mol. The number of methoxy groups -OCH3 is 1. The molecule has 50 heavy (non-hydrogen) atoms. The maximum absolute atomic E-state index is 14.3. The number of ether oxygens (including phenoxy) is 2. The maximum Gasteiger partial charge on any atom is 0.408 e. The van der Waals surface area contributed by atoms with Crippen molar-refractivity contribution in [1.82, 2.24) is 25.6 Å². The van der Waals surface area contributed by atoms with Crippen molar-refractivity contribution in [2.75, 3.05) is 13.7 Å². The Morgan fingerprint density at radius 3 is 2.36 bits per heavy atom. The Balaban J connectivity index is 1.25. The molecule has 5 atom stereocenters. The molecule has 0 bridgehead atoms. The van der Waals surface area contributed by atoms with Crippen molar-refractivity contribution in [2.45, 2.75) is 118 Å². The summed E-state index contributed by atoms with van der Waals surface area (Å²) in [6, 6.07) is 3.79. The lowest BCUT2D eigenvalue weighted by Crippen LogP contribution is -2.58. The maximum atomic E-state index is 14.3. The average Bonchev–Trinajstić information content (AvgIpc) is 3.97. The highest BCUT2D eigenvalue weighted by Gasteiger charge is 2.62. The highest BCUT2D eigenvalue weighted by atomic mass is 32.2. The fraction of sp³-hybridized carbons (Fsp3) is 0.629. The van der Waals surface area contributed by atoms with Crippen LogP contribution in [0.4, 0.5) is 4.79 Å². The summed E-state index contributed by atoms with van der Waals surface area (Å²) in [7, 11) is -2.36. The van der Waals surface area contributed by atoms with Gasteiger partial charge < -0.3 is 30.3 Å². The lowest BCUT2D eigenvalue weighted by molar-refractivity contribution is -0.141. The van der Waals surface area contributed by atoms with Crippen LogP contribution in [-0.2, 0) is 29.1 Å². The van der Waals surface area contributed by atoms with Gasteiger partial charge in [0.1, 0.15) is 29.5 Å². The fourth-order valence-electron chi connectivity index (χ4n) is 7.25. The summed E-state index contributed by atoms with van der Waals surface area (Å²) in [5.41, 5.74) is -1.14. The van der Waals surface area contributed by atoms with Crippen LogP contribution in [0.5, 0.6) is 5.75 Å². The molecule has 4 N–H and O–H groups in total. The molecule has 1 aromatic rings. The first-order chi connectivity index (χ1) is 24.0. The molecule has 2 heterocycles. The SMILES string of the molecule is COc1ccc(C(=O)N[C@@H]2C[C@H]3C(=O)N[C@]4(C(=O)NS(=O)(=O)C5CC5)C[C@H]4/C=C\CCCCC[C@H](NC(=O)OC4CCCC4)C(=O)N3C2)cc1. The molecule has 0 radical (unpaired) electrons. The zero-order chi connectivity index (χ0) is 35.5. The monoisotopic (exact) mass is 713 g/mol. The largest absolute Gasteiger partial charge is 0.497 e. The van der Waals surface area contributed by atoms with Crippen LogP contribution in [0, 0.1) is 5.92 Å². The second kappa shape index (κ2) is 15.0. The van der Waals surface area contributed by atoms with Gasteiger partial charge in [-0.15, -0.1) is 0 Å². The zero-order valence-electron chi connectivity index (χ0n) is 28.4. The Morgan fingerprint density at radius 2 is 1.66 bits per heavy atom. The molecule has 5 aliphatic rings. The van der Waals surface area contributed by atoms with Crippen LogP contribution in [0.1, 0.15) is 93.8 Å². The van der Waals surface area contributed by atoms with Gasteiger partial charge >= 0.3 is 6.09 Å². The lowest BCUT2D eigenvalue weighted by atomic mass is 10.0. The third-order valence-electron chi connectivity index (χ3n) is 10.4. The molecular formula is C35H47N5O9S. The van der Waals surface area contributed by atoms with Gasteiger partial charge in [-0.3, -0.25) is 23.9 Å². The number of rotatable bonds is 8. The van der Waals surface area contributed by atoms with Crippen LogP contribution < -0.4 is 25.4 Å². The number of hydrogen-bond acceptors (Lipinski definition) is 9. The molecule has 1 aromatic carbocycles. The second-order valence-electron chi connectivity index (χ2n) is 14.2. The molecule has 0 aromatic heterocycles. The van der Waals surface area contributed by atoms with Crippen LogP contribution >= 0.6 is 0 Å². The Labute approximate surface area is 292 Å². The van der Waals surface area contributed by atoms with Crippen molar-refractivity contribution >= 4 is 39.7 Å². The van der Waals surface area contributed by atoms with E-state index in [1.807, 2.05) is 12.2 Å². The van der Waals surface area contributed by atoms with Gasteiger partial charge in [-0.2, -0.15) is 0 Å². The minimum atomic E-state index is -3.88. The molecule has 5 amide bonds. The van der Waals surface area contributed by atoms with Gasteiger partial charge in [-0.1, -0.05) is 25.0 Å². The van der Waals surface area contributed by atoms with Crippen molar-refractivity contribution in [3.05, 3.63) is 42.0 Å². The summed E-state index contributed by atoms with van der Waals surface area (Å²) in [5, 5.41) is 7.90. The van der Waals surface area contributed by atoms with E-state index in [-0.39, 0.29) is 25.5 Å². The first kappa shape index (κ1) is 35.7. The number of nitrogens with one attached hydrogen (secondary N) is 4. The van der Waals surface area contributed by atoms with Gasteiger partial charge in [0.2, 0.25) is 21.8 Å². The molecule has 0 spiro atoms. The third-order valence-corrected chi connectivity index (χ3v) is 12.3. The fourth-order valence-corrected chi connectivity index (χ4v) is 8.61. The van der Waals surface area contributed by atoms with Gasteiger partial charge in [0.25, 0.3) is 11.8 Å². The molecule has 0 unspecified atom stereocenters. The molecule has 1 saturated heterocycles. The van der Waals surface area contributed by atoms with Crippen LogP contribution in [0.3, 0.4) is 0 Å². The number of carbonyl (C=O) groups excluding carboxylic acids is 5. The summed E-state index contributed by atoms with van der Waals surface area (Å²) in [6.07, 6.45) is 10.8. The van der Waals surface area contributed by atoms with Crippen molar-refractivity contribution in [2.24, 2.45) is 5.92 Å². The highest BCUT2D eigenvalue weighted by Crippen LogP contribution is 2.46. The molecule has 14 nitrogen and oxygen atoms in total. The number of amides is 5. The van der Waals surface area contributed by atoms with E-state index in [0.29, 0.717) is 43.4 Å². The van der Waals surface area contributed by atoms with Gasteiger partial charge in [-0.05, 0) is 94.9 Å². The van der Waals surface area contributed by atoms with Crippen LogP contribution in [0.2, 0.25) is 0 Å². The number of sulfonamides is 1. The van der Waals surface area contributed by atoms with E-state index in [1.54, 1.807) is 24.3 Å². The predicted octanol–water partition coefficient (Wildman–Crippen LogP) is 2.44. The van der Waals surface area contributed by atoms with E-state index in [2.05, 4.69) is 20.7 Å². The number of benzene rings is 1. The number of nitrogens with zero attached hydrogens (tertiary/aromatic N) is 1. The Hall–Kier alpha value is -4.14. The molecule has 3 aliphatic carbocycles. The second-order valence-corrected chi connectivity index (χ2v) is 16.1. The summed E-state index contributed by atoms with van der Waals surface area (Å²) in [6.45, 7) is -0.0206. The molecular weight excluding hydrogens is 666 g/mol. The van der Waals surface area contributed by atoms with Gasteiger partial charge in [0.05, 0.1) is 12.4 Å². The lowest BCUT2D eigenvalue weighted by Gasteiger charge is -2.30. The summed E-state index contributed by atoms with van der Waals surface area (Å²) >= 11 is 0. The first-order valence-corrected chi connectivity index (χ1v) is 19.3. The van der Waals surface area contributed by atoms with Gasteiger partial charge in [-0.25, -0.2) is 13.2 Å². The zero-order valence-corrected chi connectivity index (χ0v) is 29.2. The Kier molecular flexibility index (Phi) is 10.7. The number of hydrogen-bond donors (Lipinski definition) is 4. The van der Waals surface area contributed by atoms with E-state index in [9.17, 15) is 32.4 Å². The van der Waals surface area contributed by atoms with Gasteiger partial charge in [0.15, 0.2) is 0 Å². The Bertz CT molecular complexity index is 1610. The molecule has 3 saturated carbocycles. The van der Waals surface area contributed by atoms with E-state index >= 15 is 0 Å².